The summed E-state index contributed by atoms with van der Waals surface area (Å²) in [5.41, 5.74) is 0.766. The lowest BCUT2D eigenvalue weighted by atomic mass is 9.79. The molecule has 2 aromatic rings. The second kappa shape index (κ2) is 6.79. The number of anilines is 1. The molecule has 140 valence electrons. The van der Waals surface area contributed by atoms with Crippen molar-refractivity contribution in [1.82, 2.24) is 0 Å². The van der Waals surface area contributed by atoms with Gasteiger partial charge in [0.05, 0.1) is 16.1 Å². The fourth-order valence-electron chi connectivity index (χ4n) is 2.68. The van der Waals surface area contributed by atoms with E-state index in [4.69, 9.17) is 9.31 Å². The van der Waals surface area contributed by atoms with Gasteiger partial charge >= 0.3 is 7.12 Å². The SMILES string of the molecule is CC1(C)OB(c2cccc(NC(=O)c3ccc([N+](=O)[O-])cc3)c2)OC1(C)C. The van der Waals surface area contributed by atoms with Gasteiger partial charge in [0.25, 0.3) is 11.6 Å². The van der Waals surface area contributed by atoms with Crippen LogP contribution in [-0.2, 0) is 9.31 Å². The maximum absolute atomic E-state index is 12.4. The van der Waals surface area contributed by atoms with Crippen LogP contribution in [0.1, 0.15) is 38.1 Å². The maximum Gasteiger partial charge on any atom is 0.494 e. The lowest BCUT2D eigenvalue weighted by molar-refractivity contribution is -0.384. The standard InChI is InChI=1S/C19H21BN2O5/c1-18(2)19(3,4)27-20(26-18)14-6-5-7-15(12-14)21-17(23)13-8-10-16(11-9-13)22(24)25/h5-12H,1-4H3,(H,21,23). The van der Waals surface area contributed by atoms with Crippen LogP contribution < -0.4 is 10.8 Å². The molecule has 0 aromatic heterocycles. The summed E-state index contributed by atoms with van der Waals surface area (Å²) < 4.78 is 12.1. The zero-order chi connectivity index (χ0) is 19.8. The average molecular weight is 368 g/mol. The van der Waals surface area contributed by atoms with E-state index in [0.717, 1.165) is 5.46 Å². The molecule has 1 heterocycles. The number of carbonyl (C=O) groups is 1. The summed E-state index contributed by atoms with van der Waals surface area (Å²) in [5.74, 6) is -0.351. The van der Waals surface area contributed by atoms with E-state index in [1.165, 1.54) is 24.3 Å². The first-order chi connectivity index (χ1) is 12.6. The van der Waals surface area contributed by atoms with Crippen LogP contribution in [0.25, 0.3) is 0 Å². The summed E-state index contributed by atoms with van der Waals surface area (Å²) in [4.78, 5) is 22.6. The van der Waals surface area contributed by atoms with Gasteiger partial charge in [-0.2, -0.15) is 0 Å². The van der Waals surface area contributed by atoms with Gasteiger partial charge in [0.15, 0.2) is 0 Å². The molecule has 1 aliphatic heterocycles. The summed E-state index contributed by atoms with van der Waals surface area (Å²) in [7, 11) is -0.522. The van der Waals surface area contributed by atoms with Crippen LogP contribution in [0.5, 0.6) is 0 Å². The Kier molecular flexibility index (Phi) is 4.80. The van der Waals surface area contributed by atoms with Gasteiger partial charge in [-0.15, -0.1) is 0 Å². The summed E-state index contributed by atoms with van der Waals surface area (Å²) in [6.07, 6.45) is 0. The largest absolute Gasteiger partial charge is 0.494 e. The lowest BCUT2D eigenvalue weighted by Gasteiger charge is -2.32. The van der Waals surface area contributed by atoms with Crippen molar-refractivity contribution in [2.45, 2.75) is 38.9 Å². The molecule has 1 fully saturated rings. The first-order valence-electron chi connectivity index (χ1n) is 8.60. The number of benzene rings is 2. The molecule has 0 aliphatic carbocycles. The van der Waals surface area contributed by atoms with Crippen LogP contribution in [0, 0.1) is 10.1 Å². The topological polar surface area (TPSA) is 90.7 Å². The number of hydrogen-bond acceptors (Lipinski definition) is 5. The second-order valence-corrected chi connectivity index (χ2v) is 7.47. The van der Waals surface area contributed by atoms with Gasteiger partial charge in [-0.1, -0.05) is 12.1 Å². The monoisotopic (exact) mass is 368 g/mol. The van der Waals surface area contributed by atoms with E-state index in [2.05, 4.69) is 5.32 Å². The van der Waals surface area contributed by atoms with Gasteiger partial charge < -0.3 is 14.6 Å². The van der Waals surface area contributed by atoms with Gasteiger partial charge in [0.1, 0.15) is 0 Å². The van der Waals surface area contributed by atoms with E-state index in [-0.39, 0.29) is 11.6 Å². The number of nitro benzene ring substituents is 1. The van der Waals surface area contributed by atoms with E-state index in [1.54, 1.807) is 12.1 Å². The number of nitrogens with one attached hydrogen (secondary N) is 1. The van der Waals surface area contributed by atoms with Crippen molar-refractivity contribution in [2.24, 2.45) is 0 Å². The Labute approximate surface area is 158 Å². The predicted octanol–water partition coefficient (Wildman–Crippen LogP) is 3.15. The van der Waals surface area contributed by atoms with Crippen molar-refractivity contribution >= 4 is 29.9 Å². The molecule has 8 heteroatoms. The molecule has 0 bridgehead atoms. The zero-order valence-electron chi connectivity index (χ0n) is 15.7. The van der Waals surface area contributed by atoms with Gasteiger partial charge in [0.2, 0.25) is 0 Å². The van der Waals surface area contributed by atoms with E-state index in [0.29, 0.717) is 11.3 Å². The third-order valence-corrected chi connectivity index (χ3v) is 5.01. The van der Waals surface area contributed by atoms with Crippen LogP contribution in [0.15, 0.2) is 48.5 Å². The number of non-ortho nitro benzene ring substituents is 1. The van der Waals surface area contributed by atoms with Crippen molar-refractivity contribution in [3.63, 3.8) is 0 Å². The fourth-order valence-corrected chi connectivity index (χ4v) is 2.68. The smallest absolute Gasteiger partial charge is 0.399 e. The van der Waals surface area contributed by atoms with Crippen LogP contribution in [0.2, 0.25) is 0 Å². The van der Waals surface area contributed by atoms with Crippen molar-refractivity contribution in [2.75, 3.05) is 5.32 Å². The molecule has 3 rings (SSSR count). The minimum Gasteiger partial charge on any atom is -0.399 e. The minimum absolute atomic E-state index is 0.0608. The third-order valence-electron chi connectivity index (χ3n) is 5.01. The Morgan fingerprint density at radius 2 is 1.63 bits per heavy atom. The molecule has 1 N–H and O–H groups in total. The third kappa shape index (κ3) is 3.86. The van der Waals surface area contributed by atoms with Crippen molar-refractivity contribution in [3.05, 3.63) is 64.2 Å². The normalized spacial score (nSPS) is 17.6. The van der Waals surface area contributed by atoms with Crippen molar-refractivity contribution in [3.8, 4) is 0 Å². The summed E-state index contributed by atoms with van der Waals surface area (Å²) in [6.45, 7) is 7.92. The highest BCUT2D eigenvalue weighted by molar-refractivity contribution is 6.62. The molecule has 2 aromatic carbocycles. The van der Waals surface area contributed by atoms with Gasteiger partial charge in [-0.3, -0.25) is 14.9 Å². The molecule has 7 nitrogen and oxygen atoms in total. The fraction of sp³-hybridized carbons (Fsp3) is 0.316. The first kappa shape index (κ1) is 19.1. The summed E-state index contributed by atoms with van der Waals surface area (Å²) in [5, 5.41) is 13.5. The highest BCUT2D eigenvalue weighted by atomic mass is 16.7. The molecule has 1 amide bonds. The number of rotatable bonds is 4. The number of nitrogens with zero attached hydrogens (tertiary/aromatic N) is 1. The van der Waals surface area contributed by atoms with Crippen molar-refractivity contribution in [1.29, 1.82) is 0 Å². The van der Waals surface area contributed by atoms with Crippen LogP contribution in [0.4, 0.5) is 11.4 Å². The number of carbonyl (C=O) groups excluding carboxylic acids is 1. The molecule has 0 radical (unpaired) electrons. The highest BCUT2D eigenvalue weighted by Gasteiger charge is 2.51. The quantitative estimate of drug-likeness (QED) is 0.509. The Hall–Kier alpha value is -2.71. The van der Waals surface area contributed by atoms with E-state index >= 15 is 0 Å². The average Bonchev–Trinajstić information content (AvgIpc) is 2.83. The van der Waals surface area contributed by atoms with Crippen LogP contribution in [-0.4, -0.2) is 29.2 Å². The molecular formula is C19H21BN2O5. The predicted molar refractivity (Wildman–Crippen MR) is 103 cm³/mol. The summed E-state index contributed by atoms with van der Waals surface area (Å²) >= 11 is 0. The molecule has 1 aliphatic rings. The number of hydrogen-bond donors (Lipinski definition) is 1. The van der Waals surface area contributed by atoms with Gasteiger partial charge in [-0.25, -0.2) is 0 Å². The molecule has 1 saturated heterocycles. The Balaban J connectivity index is 1.74. The maximum atomic E-state index is 12.4. The lowest BCUT2D eigenvalue weighted by Crippen LogP contribution is -2.41. The van der Waals surface area contributed by atoms with Crippen molar-refractivity contribution < 1.29 is 19.0 Å². The molecular weight excluding hydrogens is 347 g/mol. The Bertz CT molecular complexity index is 864. The zero-order valence-corrected chi connectivity index (χ0v) is 15.7. The summed E-state index contributed by atoms with van der Waals surface area (Å²) in [6, 6.07) is 12.7. The number of nitro groups is 1. The van der Waals surface area contributed by atoms with Gasteiger partial charge in [0, 0.05) is 23.4 Å². The van der Waals surface area contributed by atoms with Gasteiger partial charge in [-0.05, 0) is 57.4 Å². The Morgan fingerprint density at radius 3 is 2.19 bits per heavy atom. The van der Waals surface area contributed by atoms with Crippen LogP contribution in [0.3, 0.4) is 0 Å². The Morgan fingerprint density at radius 1 is 1.04 bits per heavy atom. The second-order valence-electron chi connectivity index (χ2n) is 7.47. The molecule has 27 heavy (non-hydrogen) atoms. The molecule has 0 atom stereocenters. The number of amides is 1. The van der Waals surface area contributed by atoms with E-state index < -0.39 is 23.2 Å². The molecule has 0 saturated carbocycles. The molecule has 0 spiro atoms. The van der Waals surface area contributed by atoms with E-state index in [1.807, 2.05) is 39.8 Å². The minimum atomic E-state index is -0.522. The first-order valence-corrected chi connectivity index (χ1v) is 8.60. The van der Waals surface area contributed by atoms with Crippen LogP contribution >= 0.6 is 0 Å². The molecule has 0 unspecified atom stereocenters. The van der Waals surface area contributed by atoms with E-state index in [9.17, 15) is 14.9 Å². The highest BCUT2D eigenvalue weighted by Crippen LogP contribution is 2.36.